The molecule has 1 heterocycles. The summed E-state index contributed by atoms with van der Waals surface area (Å²) in [5.41, 5.74) is 2.23. The third kappa shape index (κ3) is 2.78. The molecule has 1 N–H and O–H groups in total. The summed E-state index contributed by atoms with van der Waals surface area (Å²) in [6.07, 6.45) is 2.41. The van der Waals surface area contributed by atoms with Crippen LogP contribution in [0.5, 0.6) is 5.75 Å². The molecule has 1 aliphatic rings. The van der Waals surface area contributed by atoms with Gasteiger partial charge in [0.25, 0.3) is 5.91 Å². The zero-order valence-corrected chi connectivity index (χ0v) is 14.4. The van der Waals surface area contributed by atoms with Gasteiger partial charge >= 0.3 is 0 Å². The number of hydrogen-bond donors (Lipinski definition) is 1. The van der Waals surface area contributed by atoms with Crippen molar-refractivity contribution in [3.63, 3.8) is 0 Å². The van der Waals surface area contributed by atoms with Crippen molar-refractivity contribution >= 4 is 28.0 Å². The minimum atomic E-state index is 0.0156. The first-order valence-electron chi connectivity index (χ1n) is 8.18. The van der Waals surface area contributed by atoms with Crippen LogP contribution in [-0.4, -0.2) is 13.0 Å². The zero-order chi connectivity index (χ0) is 16.5. The molecule has 2 aromatic carbocycles. The highest BCUT2D eigenvalue weighted by atomic mass is 32.1. The van der Waals surface area contributed by atoms with Crippen LogP contribution in [0.4, 0.5) is 0 Å². The highest BCUT2D eigenvalue weighted by molar-refractivity contribution is 7.12. The van der Waals surface area contributed by atoms with E-state index in [1.807, 2.05) is 29.6 Å². The fourth-order valence-corrected chi connectivity index (χ4v) is 4.06. The fraction of sp³-hybridized carbons (Fsp3) is 0.250. The van der Waals surface area contributed by atoms with Gasteiger partial charge in [-0.2, -0.15) is 0 Å². The lowest BCUT2D eigenvalue weighted by Gasteiger charge is -2.13. The van der Waals surface area contributed by atoms with Crippen molar-refractivity contribution in [1.29, 1.82) is 0 Å². The molecule has 3 aromatic rings. The molecule has 0 saturated heterocycles. The number of methoxy groups -OCH3 is 1. The number of rotatable bonds is 5. The van der Waals surface area contributed by atoms with E-state index in [1.54, 1.807) is 7.11 Å². The van der Waals surface area contributed by atoms with Crippen LogP contribution in [0.2, 0.25) is 0 Å². The van der Waals surface area contributed by atoms with Crippen molar-refractivity contribution in [2.75, 3.05) is 7.11 Å². The normalized spacial score (nSPS) is 13.9. The second-order valence-corrected chi connectivity index (χ2v) is 7.05. The molecule has 122 valence electrons. The van der Waals surface area contributed by atoms with Gasteiger partial charge in [-0.3, -0.25) is 4.79 Å². The van der Waals surface area contributed by atoms with Gasteiger partial charge in [-0.25, -0.2) is 0 Å². The number of hydrogen-bond acceptors (Lipinski definition) is 3. The quantitative estimate of drug-likeness (QED) is 0.732. The molecule has 24 heavy (non-hydrogen) atoms. The average Bonchev–Trinajstić information content (AvgIpc) is 3.35. The molecular formula is C20H19NO2S. The van der Waals surface area contributed by atoms with Gasteiger partial charge < -0.3 is 10.1 Å². The van der Waals surface area contributed by atoms with E-state index in [1.165, 1.54) is 29.7 Å². The summed E-state index contributed by atoms with van der Waals surface area (Å²) < 4.78 is 5.50. The maximum Gasteiger partial charge on any atom is 0.261 e. The van der Waals surface area contributed by atoms with Crippen LogP contribution >= 0.6 is 11.3 Å². The Morgan fingerprint density at radius 3 is 2.83 bits per heavy atom. The number of fused-ring (bicyclic) bond motifs is 1. The Kier molecular flexibility index (Phi) is 3.98. The van der Waals surface area contributed by atoms with Crippen LogP contribution < -0.4 is 10.1 Å². The first-order chi connectivity index (χ1) is 11.8. The van der Waals surface area contributed by atoms with Crippen molar-refractivity contribution in [2.45, 2.75) is 25.3 Å². The Balaban J connectivity index is 1.60. The maximum atomic E-state index is 12.6. The predicted octanol–water partition coefficient (Wildman–Crippen LogP) is 4.72. The van der Waals surface area contributed by atoms with Gasteiger partial charge in [0.1, 0.15) is 5.75 Å². The first kappa shape index (κ1) is 15.2. The minimum absolute atomic E-state index is 0.0156. The van der Waals surface area contributed by atoms with Crippen molar-refractivity contribution in [1.82, 2.24) is 5.32 Å². The SMILES string of the molecule is COc1ccc2ccccc2c1CNC(=O)c1sccc1C1CC1. The number of ether oxygens (including phenoxy) is 1. The third-order valence-electron chi connectivity index (χ3n) is 4.56. The van der Waals surface area contributed by atoms with E-state index in [2.05, 4.69) is 23.5 Å². The van der Waals surface area contributed by atoms with Crippen LogP contribution in [0.15, 0.2) is 47.8 Å². The molecule has 1 amide bonds. The van der Waals surface area contributed by atoms with Gasteiger partial charge in [-0.15, -0.1) is 11.3 Å². The molecule has 1 saturated carbocycles. The maximum absolute atomic E-state index is 12.6. The number of amides is 1. The molecule has 1 aliphatic carbocycles. The van der Waals surface area contributed by atoms with E-state index in [4.69, 9.17) is 4.74 Å². The molecular weight excluding hydrogens is 318 g/mol. The van der Waals surface area contributed by atoms with Crippen LogP contribution in [0, 0.1) is 0 Å². The van der Waals surface area contributed by atoms with Gasteiger partial charge in [-0.05, 0) is 52.6 Å². The van der Waals surface area contributed by atoms with Crippen LogP contribution in [0.25, 0.3) is 10.8 Å². The lowest BCUT2D eigenvalue weighted by Crippen LogP contribution is -2.23. The summed E-state index contributed by atoms with van der Waals surface area (Å²) in [5.74, 6) is 1.41. The lowest BCUT2D eigenvalue weighted by molar-refractivity contribution is 0.0954. The largest absolute Gasteiger partial charge is 0.496 e. The average molecular weight is 337 g/mol. The molecule has 4 heteroatoms. The van der Waals surface area contributed by atoms with Gasteiger partial charge in [0, 0.05) is 12.1 Å². The molecule has 1 fully saturated rings. The van der Waals surface area contributed by atoms with Crippen molar-refractivity contribution in [2.24, 2.45) is 0 Å². The van der Waals surface area contributed by atoms with Gasteiger partial charge in [0.05, 0.1) is 12.0 Å². The van der Waals surface area contributed by atoms with Gasteiger partial charge in [0.2, 0.25) is 0 Å². The molecule has 0 unspecified atom stereocenters. The van der Waals surface area contributed by atoms with E-state index in [9.17, 15) is 4.79 Å². The van der Waals surface area contributed by atoms with E-state index in [0.29, 0.717) is 12.5 Å². The highest BCUT2D eigenvalue weighted by Crippen LogP contribution is 2.43. The topological polar surface area (TPSA) is 38.3 Å². The van der Waals surface area contributed by atoms with Gasteiger partial charge in [0.15, 0.2) is 0 Å². The Morgan fingerprint density at radius 1 is 1.21 bits per heavy atom. The number of nitrogens with one attached hydrogen (secondary N) is 1. The number of benzene rings is 2. The third-order valence-corrected chi connectivity index (χ3v) is 5.49. The van der Waals surface area contributed by atoms with Crippen LogP contribution in [0.3, 0.4) is 0 Å². The minimum Gasteiger partial charge on any atom is -0.496 e. The Hall–Kier alpha value is -2.33. The van der Waals surface area contributed by atoms with E-state index < -0.39 is 0 Å². The molecule has 0 radical (unpaired) electrons. The summed E-state index contributed by atoms with van der Waals surface area (Å²) in [4.78, 5) is 13.5. The van der Waals surface area contributed by atoms with E-state index in [-0.39, 0.29) is 5.91 Å². The van der Waals surface area contributed by atoms with Crippen LogP contribution in [-0.2, 0) is 6.54 Å². The summed E-state index contributed by atoms with van der Waals surface area (Å²) in [7, 11) is 1.67. The summed E-state index contributed by atoms with van der Waals surface area (Å²) in [5, 5.41) is 7.36. The standard InChI is InChI=1S/C20H19NO2S/c1-23-18-9-8-13-4-2-3-5-15(13)17(18)12-21-20(22)19-16(10-11-24-19)14-6-7-14/h2-5,8-11,14H,6-7,12H2,1H3,(H,21,22). The van der Waals surface area contributed by atoms with E-state index >= 15 is 0 Å². The molecule has 4 rings (SSSR count). The molecule has 0 bridgehead atoms. The highest BCUT2D eigenvalue weighted by Gasteiger charge is 2.28. The van der Waals surface area contributed by atoms with E-state index in [0.717, 1.165) is 27.0 Å². The smallest absolute Gasteiger partial charge is 0.261 e. The Labute approximate surface area is 145 Å². The summed E-state index contributed by atoms with van der Waals surface area (Å²) in [6.45, 7) is 0.464. The molecule has 3 nitrogen and oxygen atoms in total. The lowest BCUT2D eigenvalue weighted by atomic mass is 10.0. The zero-order valence-electron chi connectivity index (χ0n) is 13.5. The molecule has 1 aromatic heterocycles. The number of carbonyl (C=O) groups is 1. The molecule has 0 aliphatic heterocycles. The fourth-order valence-electron chi connectivity index (χ4n) is 3.16. The monoisotopic (exact) mass is 337 g/mol. The Bertz CT molecular complexity index is 896. The predicted molar refractivity (Wildman–Crippen MR) is 98.0 cm³/mol. The second kappa shape index (κ2) is 6.29. The van der Waals surface area contributed by atoms with Gasteiger partial charge in [-0.1, -0.05) is 30.3 Å². The van der Waals surface area contributed by atoms with Crippen molar-refractivity contribution in [3.05, 3.63) is 63.8 Å². The summed E-state index contributed by atoms with van der Waals surface area (Å²) in [6, 6.07) is 14.3. The van der Waals surface area contributed by atoms with Crippen molar-refractivity contribution in [3.8, 4) is 5.75 Å². The van der Waals surface area contributed by atoms with Crippen LogP contribution in [0.1, 0.15) is 39.6 Å². The second-order valence-electron chi connectivity index (χ2n) is 6.13. The molecule has 0 spiro atoms. The Morgan fingerprint density at radius 2 is 2.04 bits per heavy atom. The molecule has 0 atom stereocenters. The summed E-state index contributed by atoms with van der Waals surface area (Å²) >= 11 is 1.53. The first-order valence-corrected chi connectivity index (χ1v) is 9.06. The number of carbonyl (C=O) groups excluding carboxylic acids is 1. The van der Waals surface area contributed by atoms with Crippen molar-refractivity contribution < 1.29 is 9.53 Å². The number of thiophene rings is 1.